The van der Waals surface area contributed by atoms with E-state index in [1.165, 1.54) is 13.2 Å². The normalized spacial score (nSPS) is 16.6. The van der Waals surface area contributed by atoms with Crippen LogP contribution in [-0.2, 0) is 15.8 Å². The van der Waals surface area contributed by atoms with Crippen LogP contribution in [0.5, 0.6) is 11.5 Å². The largest absolute Gasteiger partial charge is 0.493 e. The van der Waals surface area contributed by atoms with Gasteiger partial charge in [-0.1, -0.05) is 6.07 Å². The van der Waals surface area contributed by atoms with Crippen LogP contribution in [0.25, 0.3) is 0 Å². The molecule has 0 spiro atoms. The van der Waals surface area contributed by atoms with Crippen LogP contribution in [0.15, 0.2) is 41.3 Å². The van der Waals surface area contributed by atoms with Crippen molar-refractivity contribution in [2.24, 2.45) is 0 Å². The number of halogens is 3. The van der Waals surface area contributed by atoms with Gasteiger partial charge in [-0.05, 0) is 56.7 Å². The molecule has 3 rings (SSSR count). The molecule has 0 radical (unpaired) electrons. The minimum atomic E-state index is -4.50. The number of carbonyl (C=O) groups is 2. The number of nitrogens with one attached hydrogen (secondary N) is 2. The smallest absolute Gasteiger partial charge is 0.416 e. The molecule has 2 aromatic carbocycles. The molecule has 2 atom stereocenters. The highest BCUT2D eigenvalue weighted by Crippen LogP contribution is 2.40. The maximum absolute atomic E-state index is 12.9. The summed E-state index contributed by atoms with van der Waals surface area (Å²) in [6.45, 7) is 5.62. The van der Waals surface area contributed by atoms with Crippen LogP contribution in [0.3, 0.4) is 0 Å². The van der Waals surface area contributed by atoms with Crippen molar-refractivity contribution in [1.82, 2.24) is 5.32 Å². The number of alkyl halides is 3. The van der Waals surface area contributed by atoms with Gasteiger partial charge in [-0.2, -0.15) is 13.2 Å². The summed E-state index contributed by atoms with van der Waals surface area (Å²) in [6.07, 6.45) is -4.64. The summed E-state index contributed by atoms with van der Waals surface area (Å²) in [6, 6.07) is 8.18. The Morgan fingerprint density at radius 2 is 1.88 bits per heavy atom. The van der Waals surface area contributed by atoms with E-state index < -0.39 is 22.9 Å². The predicted molar refractivity (Wildman–Crippen MR) is 120 cm³/mol. The van der Waals surface area contributed by atoms with Gasteiger partial charge in [-0.15, -0.1) is 11.8 Å². The van der Waals surface area contributed by atoms with Crippen LogP contribution in [0.4, 0.5) is 18.9 Å². The topological polar surface area (TPSA) is 76.7 Å². The van der Waals surface area contributed by atoms with E-state index in [0.717, 1.165) is 29.5 Å². The predicted octanol–water partition coefficient (Wildman–Crippen LogP) is 5.18. The van der Waals surface area contributed by atoms with Gasteiger partial charge < -0.3 is 20.1 Å². The van der Waals surface area contributed by atoms with E-state index >= 15 is 0 Å². The lowest BCUT2D eigenvalue weighted by molar-refractivity contribution is -0.137. The number of fused-ring (bicyclic) bond motifs is 1. The Hall–Kier alpha value is -2.88. The van der Waals surface area contributed by atoms with Crippen LogP contribution in [0.2, 0.25) is 0 Å². The molecule has 0 bridgehead atoms. The Kier molecular flexibility index (Phi) is 7.46. The van der Waals surface area contributed by atoms with Gasteiger partial charge in [-0.3, -0.25) is 9.59 Å². The first-order valence-corrected chi connectivity index (χ1v) is 11.2. The highest BCUT2D eigenvalue weighted by atomic mass is 32.2. The van der Waals surface area contributed by atoms with Crippen molar-refractivity contribution in [2.75, 3.05) is 12.4 Å². The summed E-state index contributed by atoms with van der Waals surface area (Å²) in [4.78, 5) is 25.5. The number of benzene rings is 2. The minimum absolute atomic E-state index is 0.0220. The van der Waals surface area contributed by atoms with E-state index in [-0.39, 0.29) is 30.2 Å². The Balaban J connectivity index is 1.64. The Morgan fingerprint density at radius 3 is 2.52 bits per heavy atom. The quantitative estimate of drug-likeness (QED) is 0.569. The van der Waals surface area contributed by atoms with Crippen LogP contribution in [0, 0.1) is 0 Å². The number of carbonyl (C=O) groups excluding carboxylic acids is 2. The van der Waals surface area contributed by atoms with Gasteiger partial charge in [-0.25, -0.2) is 0 Å². The van der Waals surface area contributed by atoms with Gasteiger partial charge in [0.25, 0.3) is 0 Å². The number of methoxy groups -OCH3 is 1. The van der Waals surface area contributed by atoms with Gasteiger partial charge in [0.05, 0.1) is 35.8 Å². The molecule has 0 saturated carbocycles. The van der Waals surface area contributed by atoms with Crippen LogP contribution < -0.4 is 20.1 Å². The van der Waals surface area contributed by atoms with Crippen LogP contribution in [-0.4, -0.2) is 30.3 Å². The molecule has 33 heavy (non-hydrogen) atoms. The van der Waals surface area contributed by atoms with Crippen molar-refractivity contribution in [3.05, 3.63) is 47.5 Å². The number of hydrogen-bond acceptors (Lipinski definition) is 5. The van der Waals surface area contributed by atoms with E-state index in [0.29, 0.717) is 16.4 Å². The van der Waals surface area contributed by atoms with Gasteiger partial charge >= 0.3 is 6.18 Å². The van der Waals surface area contributed by atoms with Crippen LogP contribution in [0.1, 0.15) is 44.4 Å². The van der Waals surface area contributed by atoms with Crippen molar-refractivity contribution < 1.29 is 32.2 Å². The zero-order valence-corrected chi connectivity index (χ0v) is 19.4. The number of thioether (sulfide) groups is 1. The third-order valence-corrected chi connectivity index (χ3v) is 6.20. The lowest BCUT2D eigenvalue weighted by Crippen LogP contribution is -2.35. The Labute approximate surface area is 194 Å². The highest BCUT2D eigenvalue weighted by molar-refractivity contribution is 8.01. The summed E-state index contributed by atoms with van der Waals surface area (Å²) in [5.74, 6) is 0.273. The van der Waals surface area contributed by atoms with Gasteiger partial charge in [0, 0.05) is 11.3 Å². The molecular weight excluding hydrogens is 457 g/mol. The second-order valence-electron chi connectivity index (χ2n) is 7.87. The lowest BCUT2D eigenvalue weighted by Gasteiger charge is -2.25. The Morgan fingerprint density at radius 1 is 1.15 bits per heavy atom. The summed E-state index contributed by atoms with van der Waals surface area (Å²) >= 11 is 1.07. The molecule has 2 unspecified atom stereocenters. The average molecular weight is 483 g/mol. The Bertz CT molecular complexity index is 1040. The fourth-order valence-corrected chi connectivity index (χ4v) is 4.41. The third-order valence-electron chi connectivity index (χ3n) is 4.93. The molecule has 2 amide bonds. The fraction of sp³-hybridized carbons (Fsp3) is 0.391. The van der Waals surface area contributed by atoms with Crippen molar-refractivity contribution in [3.8, 4) is 11.5 Å². The summed E-state index contributed by atoms with van der Waals surface area (Å²) < 4.78 is 49.8. The van der Waals surface area contributed by atoms with E-state index in [9.17, 15) is 22.8 Å². The number of anilines is 1. The monoisotopic (exact) mass is 482 g/mol. The molecule has 2 aromatic rings. The molecule has 178 valence electrons. The van der Waals surface area contributed by atoms with E-state index in [1.807, 2.05) is 19.9 Å². The second kappa shape index (κ2) is 9.94. The molecule has 0 saturated heterocycles. The number of hydrogen-bond donors (Lipinski definition) is 2. The van der Waals surface area contributed by atoms with Crippen LogP contribution >= 0.6 is 11.8 Å². The first-order valence-electron chi connectivity index (χ1n) is 10.3. The number of rotatable bonds is 7. The van der Waals surface area contributed by atoms with Gasteiger partial charge in [0.15, 0.2) is 11.5 Å². The highest BCUT2D eigenvalue weighted by Gasteiger charge is 2.34. The van der Waals surface area contributed by atoms with Crippen molar-refractivity contribution in [1.29, 1.82) is 0 Å². The van der Waals surface area contributed by atoms with Crippen molar-refractivity contribution >= 4 is 29.3 Å². The van der Waals surface area contributed by atoms with Gasteiger partial charge in [0.1, 0.15) is 0 Å². The van der Waals surface area contributed by atoms with E-state index in [1.54, 1.807) is 19.1 Å². The number of amides is 2. The maximum Gasteiger partial charge on any atom is 0.416 e. The molecule has 0 aromatic heterocycles. The molecular formula is C23H25F3N2O4S. The molecule has 10 heteroatoms. The zero-order chi connectivity index (χ0) is 24.3. The van der Waals surface area contributed by atoms with Crippen molar-refractivity contribution in [2.45, 2.75) is 55.7 Å². The zero-order valence-electron chi connectivity index (χ0n) is 18.6. The lowest BCUT2D eigenvalue weighted by atomic mass is 10.1. The van der Waals surface area contributed by atoms with E-state index in [2.05, 4.69) is 10.6 Å². The summed E-state index contributed by atoms with van der Waals surface area (Å²) in [5.41, 5.74) is 0.0511. The number of ether oxygens (including phenoxy) is 2. The molecule has 1 aliphatic rings. The van der Waals surface area contributed by atoms with E-state index in [4.69, 9.17) is 9.47 Å². The summed E-state index contributed by atoms with van der Waals surface area (Å²) in [7, 11) is 1.53. The standard InChI is InChI=1S/C23H25F3N2O4S/c1-12(2)32-17-7-5-14(9-18(17)31-4)13(3)27-21(29)11-20-22(30)28-16-10-15(23(24,25)26)6-8-19(16)33-20/h5-10,12-13,20H,11H2,1-4H3,(H,27,29)(H,28,30). The molecule has 2 N–H and O–H groups in total. The molecule has 0 aliphatic carbocycles. The minimum Gasteiger partial charge on any atom is -0.493 e. The average Bonchev–Trinajstić information content (AvgIpc) is 2.73. The molecule has 0 fully saturated rings. The van der Waals surface area contributed by atoms with Crippen molar-refractivity contribution in [3.63, 3.8) is 0 Å². The first-order chi connectivity index (χ1) is 15.5. The third kappa shape index (κ3) is 6.13. The fourth-order valence-electron chi connectivity index (χ4n) is 3.32. The SMILES string of the molecule is COc1cc(C(C)NC(=O)CC2Sc3ccc(C(F)(F)F)cc3NC2=O)ccc1OC(C)C. The van der Waals surface area contributed by atoms with Gasteiger partial charge in [0.2, 0.25) is 11.8 Å². The summed E-state index contributed by atoms with van der Waals surface area (Å²) in [5, 5.41) is 4.58. The molecule has 1 aliphatic heterocycles. The first kappa shape index (κ1) is 24.8. The maximum atomic E-state index is 12.9. The molecule has 1 heterocycles. The molecule has 6 nitrogen and oxygen atoms in total. The second-order valence-corrected chi connectivity index (χ2v) is 9.12.